The number of aryl methyl sites for hydroxylation is 1. The number of piperidine rings is 1. The molecule has 0 spiro atoms. The lowest BCUT2D eigenvalue weighted by Gasteiger charge is -2.35. The van der Waals surface area contributed by atoms with E-state index in [9.17, 15) is 9.59 Å². The molecule has 0 radical (unpaired) electrons. The zero-order valence-corrected chi connectivity index (χ0v) is 20.5. The lowest BCUT2D eigenvalue weighted by molar-refractivity contribution is 0.0932. The van der Waals surface area contributed by atoms with Crippen LogP contribution in [0.4, 0.5) is 16.4 Å². The molecule has 3 heterocycles. The number of carbonyl (C=O) groups is 2. The average Bonchev–Trinajstić information content (AvgIpc) is 3.23. The predicted octanol–water partition coefficient (Wildman–Crippen LogP) is 4.21. The van der Waals surface area contributed by atoms with Crippen molar-refractivity contribution < 1.29 is 9.59 Å². The van der Waals surface area contributed by atoms with Gasteiger partial charge in [-0.1, -0.05) is 26.0 Å². The molecule has 1 aliphatic rings. The molecule has 8 nitrogen and oxygen atoms in total. The van der Waals surface area contributed by atoms with E-state index in [-0.39, 0.29) is 17.6 Å². The van der Waals surface area contributed by atoms with Crippen LogP contribution < -0.4 is 21.3 Å². The molecule has 0 aliphatic carbocycles. The Balaban J connectivity index is 1.47. The van der Waals surface area contributed by atoms with Crippen molar-refractivity contribution in [3.8, 4) is 0 Å². The normalized spacial score (nSPS) is 15.9. The van der Waals surface area contributed by atoms with E-state index in [1.807, 2.05) is 43.3 Å². The van der Waals surface area contributed by atoms with Crippen LogP contribution in [0, 0.1) is 6.92 Å². The van der Waals surface area contributed by atoms with E-state index in [1.165, 1.54) is 17.1 Å². The van der Waals surface area contributed by atoms with E-state index in [0.29, 0.717) is 23.7 Å². The maximum Gasteiger partial charge on any atom is 0.269 e. The first kappa shape index (κ1) is 23.7. The summed E-state index contributed by atoms with van der Waals surface area (Å²) in [5.74, 6) is -0.229. The molecule has 4 rings (SSSR count). The molecule has 2 aromatic heterocycles. The van der Waals surface area contributed by atoms with Crippen molar-refractivity contribution in [3.05, 3.63) is 65.1 Å². The van der Waals surface area contributed by atoms with Gasteiger partial charge in [0.1, 0.15) is 5.00 Å². The molecule has 1 unspecified atom stereocenters. The van der Waals surface area contributed by atoms with Crippen LogP contribution in [-0.4, -0.2) is 40.3 Å². The Morgan fingerprint density at radius 1 is 1.21 bits per heavy atom. The monoisotopic (exact) mass is 478 g/mol. The van der Waals surface area contributed by atoms with Gasteiger partial charge in [-0.3, -0.25) is 9.59 Å². The molecule has 2 amide bonds. The van der Waals surface area contributed by atoms with E-state index in [2.05, 4.69) is 38.7 Å². The van der Waals surface area contributed by atoms with Crippen molar-refractivity contribution >= 4 is 39.7 Å². The van der Waals surface area contributed by atoms with E-state index >= 15 is 0 Å². The Bertz CT molecular complexity index is 1170. The highest BCUT2D eigenvalue weighted by Crippen LogP contribution is 2.28. The molecule has 1 fully saturated rings. The van der Waals surface area contributed by atoms with E-state index in [0.717, 1.165) is 35.8 Å². The van der Waals surface area contributed by atoms with Crippen LogP contribution in [-0.2, 0) is 0 Å². The molecule has 178 valence electrons. The first-order valence-corrected chi connectivity index (χ1v) is 12.2. The molecular formula is C25H30N6O2S. The zero-order valence-electron chi connectivity index (χ0n) is 19.7. The van der Waals surface area contributed by atoms with Crippen molar-refractivity contribution in [1.82, 2.24) is 14.7 Å². The summed E-state index contributed by atoms with van der Waals surface area (Å²) in [6.07, 6.45) is 3.51. The molecule has 1 atom stereocenters. The number of carbonyl (C=O) groups excluding carboxylic acids is 2. The molecular weight excluding hydrogens is 448 g/mol. The first-order valence-electron chi connectivity index (χ1n) is 11.5. The van der Waals surface area contributed by atoms with Gasteiger partial charge < -0.3 is 21.3 Å². The van der Waals surface area contributed by atoms with Crippen molar-refractivity contribution in [1.29, 1.82) is 0 Å². The third-order valence-electron chi connectivity index (χ3n) is 5.95. The summed E-state index contributed by atoms with van der Waals surface area (Å²) in [7, 11) is 0. The van der Waals surface area contributed by atoms with Gasteiger partial charge in [-0.05, 0) is 67.0 Å². The quantitative estimate of drug-likeness (QED) is 0.469. The van der Waals surface area contributed by atoms with Gasteiger partial charge >= 0.3 is 0 Å². The highest BCUT2D eigenvalue weighted by atomic mass is 32.1. The van der Waals surface area contributed by atoms with Crippen LogP contribution in [0.2, 0.25) is 0 Å². The lowest BCUT2D eigenvalue weighted by atomic mass is 10.0. The third kappa shape index (κ3) is 5.53. The van der Waals surface area contributed by atoms with Gasteiger partial charge in [0.25, 0.3) is 11.8 Å². The van der Waals surface area contributed by atoms with Gasteiger partial charge in [-0.25, -0.2) is 4.98 Å². The molecule has 0 saturated carbocycles. The van der Waals surface area contributed by atoms with Crippen molar-refractivity contribution in [3.63, 3.8) is 0 Å². The number of benzene rings is 1. The van der Waals surface area contributed by atoms with Crippen LogP contribution in [0.1, 0.15) is 64.7 Å². The largest absolute Gasteiger partial charge is 0.368 e. The average molecular weight is 479 g/mol. The maximum atomic E-state index is 12.8. The van der Waals surface area contributed by atoms with Crippen LogP contribution in [0.25, 0.3) is 0 Å². The first-order chi connectivity index (χ1) is 16.3. The number of pyridine rings is 1. The Morgan fingerprint density at radius 3 is 2.62 bits per heavy atom. The Labute approximate surface area is 203 Å². The summed E-state index contributed by atoms with van der Waals surface area (Å²) >= 11 is 1.31. The van der Waals surface area contributed by atoms with Crippen molar-refractivity contribution in [2.75, 3.05) is 23.3 Å². The second-order valence-corrected chi connectivity index (χ2v) is 9.75. The summed E-state index contributed by atoms with van der Waals surface area (Å²) in [5.41, 5.74) is 9.92. The summed E-state index contributed by atoms with van der Waals surface area (Å²) in [6.45, 7) is 7.68. The third-order valence-corrected chi connectivity index (χ3v) is 6.75. The number of nitrogens with two attached hydrogens (primary N) is 1. The topological polar surface area (TPSA) is 113 Å². The standard InChI is InChI=1S/C25H30N6O2S/c1-15(2)17-6-8-18(9-7-17)25(33)28-19-5-4-10-31(14-19)20-12-21(23(24(26)32)27-13-20)29-22-11-16(3)30-34-22/h6-9,11-13,15,19,29H,4-5,10,14H2,1-3H3,(H2,26,32)(H,28,33). The fourth-order valence-corrected chi connectivity index (χ4v) is 4.77. The summed E-state index contributed by atoms with van der Waals surface area (Å²) in [4.78, 5) is 31.2. The molecule has 34 heavy (non-hydrogen) atoms. The Morgan fingerprint density at radius 2 is 1.97 bits per heavy atom. The fourth-order valence-electron chi connectivity index (χ4n) is 4.09. The summed E-state index contributed by atoms with van der Waals surface area (Å²) < 4.78 is 4.27. The second kappa shape index (κ2) is 10.2. The van der Waals surface area contributed by atoms with E-state index in [1.54, 1.807) is 6.20 Å². The van der Waals surface area contributed by atoms with Gasteiger partial charge in [0.15, 0.2) is 5.69 Å². The molecule has 9 heteroatoms. The Kier molecular flexibility index (Phi) is 7.12. The number of rotatable bonds is 7. The molecule has 0 bridgehead atoms. The number of amides is 2. The maximum absolute atomic E-state index is 12.8. The number of nitrogens with one attached hydrogen (secondary N) is 2. The minimum Gasteiger partial charge on any atom is -0.368 e. The number of hydrogen-bond acceptors (Lipinski definition) is 7. The summed E-state index contributed by atoms with van der Waals surface area (Å²) in [5, 5.41) is 7.21. The van der Waals surface area contributed by atoms with E-state index in [4.69, 9.17) is 5.73 Å². The number of nitrogens with zero attached hydrogens (tertiary/aromatic N) is 3. The highest BCUT2D eigenvalue weighted by Gasteiger charge is 2.24. The van der Waals surface area contributed by atoms with Crippen LogP contribution >= 0.6 is 11.5 Å². The van der Waals surface area contributed by atoms with Crippen molar-refractivity contribution in [2.45, 2.75) is 45.6 Å². The lowest BCUT2D eigenvalue weighted by Crippen LogP contribution is -2.47. The smallest absolute Gasteiger partial charge is 0.269 e. The zero-order chi connectivity index (χ0) is 24.2. The van der Waals surface area contributed by atoms with Crippen LogP contribution in [0.3, 0.4) is 0 Å². The van der Waals surface area contributed by atoms with Crippen LogP contribution in [0.5, 0.6) is 0 Å². The van der Waals surface area contributed by atoms with Crippen molar-refractivity contribution in [2.24, 2.45) is 5.73 Å². The Hall–Kier alpha value is -3.46. The van der Waals surface area contributed by atoms with Crippen LogP contribution in [0.15, 0.2) is 42.6 Å². The fraction of sp³-hybridized carbons (Fsp3) is 0.360. The number of hydrogen-bond donors (Lipinski definition) is 3. The molecule has 1 saturated heterocycles. The number of anilines is 3. The van der Waals surface area contributed by atoms with Gasteiger partial charge in [0, 0.05) is 24.7 Å². The molecule has 1 aromatic carbocycles. The SMILES string of the molecule is Cc1cc(Nc2cc(N3CCCC(NC(=O)c4ccc(C(C)C)cc4)C3)cnc2C(N)=O)sn1. The highest BCUT2D eigenvalue weighted by molar-refractivity contribution is 7.10. The summed E-state index contributed by atoms with van der Waals surface area (Å²) in [6, 6.07) is 11.6. The van der Waals surface area contributed by atoms with E-state index < -0.39 is 5.91 Å². The second-order valence-electron chi connectivity index (χ2n) is 8.95. The number of aromatic nitrogens is 2. The van der Waals surface area contributed by atoms with Gasteiger partial charge in [0.2, 0.25) is 0 Å². The predicted molar refractivity (Wildman–Crippen MR) is 136 cm³/mol. The molecule has 3 aromatic rings. The number of primary amides is 1. The molecule has 1 aliphatic heterocycles. The van der Waals surface area contributed by atoms with Gasteiger partial charge in [-0.2, -0.15) is 4.37 Å². The minimum atomic E-state index is -0.595. The molecule has 4 N–H and O–H groups in total. The minimum absolute atomic E-state index is 0.0161. The van der Waals surface area contributed by atoms with Gasteiger partial charge in [-0.15, -0.1) is 0 Å². The van der Waals surface area contributed by atoms with Gasteiger partial charge in [0.05, 0.1) is 23.3 Å².